The zero-order valence-electron chi connectivity index (χ0n) is 18.8. The number of hydrogen-bond donors (Lipinski definition) is 1. The number of carbonyl (C=O) groups is 1. The zero-order chi connectivity index (χ0) is 22.6. The second-order valence-electron chi connectivity index (χ2n) is 8.90. The first kappa shape index (κ1) is 23.0. The zero-order valence-corrected chi connectivity index (χ0v) is 19.5. The van der Waals surface area contributed by atoms with E-state index in [9.17, 15) is 4.79 Å². The van der Waals surface area contributed by atoms with Gasteiger partial charge in [-0.2, -0.15) is 5.10 Å². The van der Waals surface area contributed by atoms with Crippen LogP contribution < -0.4 is 5.32 Å². The lowest BCUT2D eigenvalue weighted by Crippen LogP contribution is -2.19. The topological polar surface area (TPSA) is 56.1 Å². The molecule has 1 aromatic heterocycles. The summed E-state index contributed by atoms with van der Waals surface area (Å²) >= 11 is 6.40. The number of anilines is 1. The summed E-state index contributed by atoms with van der Waals surface area (Å²) in [5.41, 5.74) is 4.23. The Kier molecular flexibility index (Phi) is 7.19. The highest BCUT2D eigenvalue weighted by Gasteiger charge is 2.16. The molecule has 0 bridgehead atoms. The molecule has 1 heterocycles. The molecule has 0 saturated carbocycles. The van der Waals surface area contributed by atoms with Gasteiger partial charge in [-0.15, -0.1) is 0 Å². The van der Waals surface area contributed by atoms with E-state index in [4.69, 9.17) is 21.4 Å². The van der Waals surface area contributed by atoms with Gasteiger partial charge in [0.2, 0.25) is 5.91 Å². The van der Waals surface area contributed by atoms with Crippen LogP contribution in [0.4, 0.5) is 5.69 Å². The molecule has 5 nitrogen and oxygen atoms in total. The standard InChI is InChI=1S/C25H30ClN3O2/c1-17(2)24(30)27-20-11-8-10-18(13-20)23-14-21(16-31-25(3,4)5)28-29(23)15-19-9-6-7-12-22(19)26/h6-14,17H,15-16H2,1-5H3,(H,27,30). The Bertz CT molecular complexity index is 1050. The Morgan fingerprint density at radius 3 is 2.55 bits per heavy atom. The van der Waals surface area contributed by atoms with Gasteiger partial charge in [0, 0.05) is 22.2 Å². The molecule has 6 heteroatoms. The monoisotopic (exact) mass is 439 g/mol. The maximum absolute atomic E-state index is 12.1. The van der Waals surface area contributed by atoms with Crippen molar-refractivity contribution in [2.24, 2.45) is 5.92 Å². The number of hydrogen-bond acceptors (Lipinski definition) is 3. The molecule has 164 valence electrons. The second-order valence-corrected chi connectivity index (χ2v) is 9.30. The number of halogens is 1. The molecule has 0 fully saturated rings. The van der Waals surface area contributed by atoms with Gasteiger partial charge in [0.15, 0.2) is 0 Å². The summed E-state index contributed by atoms with van der Waals surface area (Å²) in [6.07, 6.45) is 0. The van der Waals surface area contributed by atoms with Crippen molar-refractivity contribution in [2.45, 2.75) is 53.4 Å². The van der Waals surface area contributed by atoms with E-state index in [1.165, 1.54) is 0 Å². The lowest BCUT2D eigenvalue weighted by atomic mass is 10.1. The Hall–Kier alpha value is -2.63. The highest BCUT2D eigenvalue weighted by molar-refractivity contribution is 6.31. The molecular formula is C25H30ClN3O2. The molecule has 1 amide bonds. The van der Waals surface area contributed by atoms with Crippen LogP contribution in [-0.4, -0.2) is 21.3 Å². The third-order valence-corrected chi connectivity index (χ3v) is 5.08. The molecule has 0 aliphatic carbocycles. The van der Waals surface area contributed by atoms with E-state index in [1.54, 1.807) is 0 Å². The van der Waals surface area contributed by atoms with Crippen molar-refractivity contribution in [3.8, 4) is 11.3 Å². The van der Waals surface area contributed by atoms with Gasteiger partial charge in [0.25, 0.3) is 0 Å². The summed E-state index contributed by atoms with van der Waals surface area (Å²) in [7, 11) is 0. The average Bonchev–Trinajstić information content (AvgIpc) is 3.11. The molecule has 31 heavy (non-hydrogen) atoms. The van der Waals surface area contributed by atoms with E-state index in [2.05, 4.69) is 5.32 Å². The van der Waals surface area contributed by atoms with Crippen molar-refractivity contribution in [3.63, 3.8) is 0 Å². The summed E-state index contributed by atoms with van der Waals surface area (Å²) in [5, 5.41) is 8.46. The van der Waals surface area contributed by atoms with E-state index in [-0.39, 0.29) is 17.4 Å². The summed E-state index contributed by atoms with van der Waals surface area (Å²) < 4.78 is 7.87. The first-order valence-corrected chi connectivity index (χ1v) is 10.9. The number of amides is 1. The third kappa shape index (κ3) is 6.42. The van der Waals surface area contributed by atoms with Gasteiger partial charge in [0.1, 0.15) is 0 Å². The van der Waals surface area contributed by atoms with Crippen LogP contribution in [0, 0.1) is 5.92 Å². The van der Waals surface area contributed by atoms with Crippen LogP contribution in [0.1, 0.15) is 45.9 Å². The van der Waals surface area contributed by atoms with E-state index < -0.39 is 0 Å². The van der Waals surface area contributed by atoms with E-state index in [0.717, 1.165) is 28.2 Å². The van der Waals surface area contributed by atoms with Crippen molar-refractivity contribution in [1.82, 2.24) is 9.78 Å². The Balaban J connectivity index is 1.96. The lowest BCUT2D eigenvalue weighted by Gasteiger charge is -2.18. The van der Waals surface area contributed by atoms with Crippen LogP contribution in [0.25, 0.3) is 11.3 Å². The highest BCUT2D eigenvalue weighted by Crippen LogP contribution is 2.27. The fraction of sp³-hybridized carbons (Fsp3) is 0.360. The van der Waals surface area contributed by atoms with E-state index in [0.29, 0.717) is 18.2 Å². The van der Waals surface area contributed by atoms with E-state index in [1.807, 2.05) is 93.9 Å². The fourth-order valence-electron chi connectivity index (χ4n) is 3.01. The van der Waals surface area contributed by atoms with Gasteiger partial charge in [-0.3, -0.25) is 9.48 Å². The van der Waals surface area contributed by atoms with Gasteiger partial charge < -0.3 is 10.1 Å². The van der Waals surface area contributed by atoms with Gasteiger partial charge in [-0.25, -0.2) is 0 Å². The number of aromatic nitrogens is 2. The Morgan fingerprint density at radius 2 is 1.87 bits per heavy atom. The number of carbonyl (C=O) groups excluding carboxylic acids is 1. The fourth-order valence-corrected chi connectivity index (χ4v) is 3.21. The van der Waals surface area contributed by atoms with Gasteiger partial charge in [0.05, 0.1) is 30.1 Å². The molecule has 1 N–H and O–H groups in total. The summed E-state index contributed by atoms with van der Waals surface area (Å²) in [6, 6.07) is 17.6. The average molecular weight is 440 g/mol. The number of ether oxygens (including phenoxy) is 1. The first-order valence-electron chi connectivity index (χ1n) is 10.5. The minimum Gasteiger partial charge on any atom is -0.370 e. The minimum absolute atomic E-state index is 0.0130. The van der Waals surface area contributed by atoms with Gasteiger partial charge in [-0.1, -0.05) is 55.8 Å². The molecule has 0 atom stereocenters. The van der Waals surface area contributed by atoms with E-state index >= 15 is 0 Å². The Morgan fingerprint density at radius 1 is 1.13 bits per heavy atom. The summed E-state index contributed by atoms with van der Waals surface area (Å²) in [4.78, 5) is 12.1. The molecule has 0 saturated heterocycles. The Labute approximate surface area is 189 Å². The van der Waals surface area contributed by atoms with Crippen molar-refractivity contribution in [1.29, 1.82) is 0 Å². The maximum atomic E-state index is 12.1. The number of nitrogens with zero attached hydrogens (tertiary/aromatic N) is 2. The number of nitrogens with one attached hydrogen (secondary N) is 1. The second kappa shape index (κ2) is 9.67. The predicted octanol–water partition coefficient (Wildman–Crippen LogP) is 6.16. The molecule has 3 aromatic rings. The van der Waals surface area contributed by atoms with Crippen LogP contribution in [0.15, 0.2) is 54.6 Å². The number of rotatable bonds is 7. The molecular weight excluding hydrogens is 410 g/mol. The number of benzene rings is 2. The largest absolute Gasteiger partial charge is 0.370 e. The van der Waals surface area contributed by atoms with Crippen LogP contribution in [-0.2, 0) is 22.7 Å². The van der Waals surface area contributed by atoms with Crippen LogP contribution in [0.5, 0.6) is 0 Å². The normalized spacial score (nSPS) is 11.7. The lowest BCUT2D eigenvalue weighted by molar-refractivity contribution is -0.118. The van der Waals surface area contributed by atoms with Crippen LogP contribution in [0.3, 0.4) is 0 Å². The van der Waals surface area contributed by atoms with Crippen LogP contribution >= 0.6 is 11.6 Å². The van der Waals surface area contributed by atoms with Gasteiger partial charge >= 0.3 is 0 Å². The third-order valence-electron chi connectivity index (χ3n) is 4.71. The smallest absolute Gasteiger partial charge is 0.226 e. The van der Waals surface area contributed by atoms with Gasteiger partial charge in [-0.05, 0) is 50.6 Å². The van der Waals surface area contributed by atoms with Crippen molar-refractivity contribution in [3.05, 3.63) is 70.9 Å². The summed E-state index contributed by atoms with van der Waals surface area (Å²) in [5.74, 6) is -0.100. The maximum Gasteiger partial charge on any atom is 0.226 e. The van der Waals surface area contributed by atoms with Crippen molar-refractivity contribution in [2.75, 3.05) is 5.32 Å². The van der Waals surface area contributed by atoms with Crippen molar-refractivity contribution < 1.29 is 9.53 Å². The minimum atomic E-state index is -0.256. The van der Waals surface area contributed by atoms with Crippen LogP contribution in [0.2, 0.25) is 5.02 Å². The van der Waals surface area contributed by atoms with Crippen molar-refractivity contribution >= 4 is 23.2 Å². The highest BCUT2D eigenvalue weighted by atomic mass is 35.5. The molecule has 0 aliphatic rings. The molecule has 2 aromatic carbocycles. The molecule has 0 aliphatic heterocycles. The summed E-state index contributed by atoms with van der Waals surface area (Å²) in [6.45, 7) is 10.8. The first-order chi connectivity index (χ1) is 14.6. The molecule has 3 rings (SSSR count). The quantitative estimate of drug-likeness (QED) is 0.479. The molecule has 0 radical (unpaired) electrons. The molecule has 0 spiro atoms. The SMILES string of the molecule is CC(C)C(=O)Nc1cccc(-c2cc(COC(C)(C)C)nn2Cc2ccccc2Cl)c1. The molecule has 0 unspecified atom stereocenters. The predicted molar refractivity (Wildman–Crippen MR) is 126 cm³/mol.